The molecule has 3 aromatic rings. The number of aromatic nitrogens is 3. The second kappa shape index (κ2) is 9.20. The number of nitrogens with one attached hydrogen (secondary N) is 3. The number of halogens is 5. The predicted molar refractivity (Wildman–Crippen MR) is 109 cm³/mol. The summed E-state index contributed by atoms with van der Waals surface area (Å²) in [6, 6.07) is 6.42. The zero-order valence-corrected chi connectivity index (χ0v) is 17.0. The van der Waals surface area contributed by atoms with Gasteiger partial charge in [-0.1, -0.05) is 23.2 Å². The van der Waals surface area contributed by atoms with Crippen LogP contribution in [-0.2, 0) is 6.18 Å². The molecule has 1 amide bonds. The van der Waals surface area contributed by atoms with Crippen LogP contribution in [0.2, 0.25) is 10.0 Å². The van der Waals surface area contributed by atoms with Gasteiger partial charge in [0.2, 0.25) is 11.6 Å². The molecule has 0 saturated heterocycles. The number of hydrogen-bond donors (Lipinski definition) is 3. The van der Waals surface area contributed by atoms with Crippen LogP contribution in [0.25, 0.3) is 0 Å². The molecule has 32 heavy (non-hydrogen) atoms. The number of pyridine rings is 1. The van der Waals surface area contributed by atoms with Crippen molar-refractivity contribution in [3.63, 3.8) is 0 Å². The molecule has 0 aliphatic heterocycles. The molecule has 0 radical (unpaired) electrons. The van der Waals surface area contributed by atoms with E-state index in [1.807, 2.05) is 0 Å². The molecular formula is C17H10Cl2F3N7O3. The first kappa shape index (κ1) is 23.0. The highest BCUT2D eigenvalue weighted by molar-refractivity contribution is 6.33. The lowest BCUT2D eigenvalue weighted by Crippen LogP contribution is -2.30. The van der Waals surface area contributed by atoms with Crippen molar-refractivity contribution < 1.29 is 22.9 Å². The Morgan fingerprint density at radius 2 is 1.69 bits per heavy atom. The van der Waals surface area contributed by atoms with Crippen LogP contribution in [0.4, 0.5) is 36.3 Å². The number of benzene rings is 1. The Morgan fingerprint density at radius 3 is 2.28 bits per heavy atom. The molecule has 0 unspecified atom stereocenters. The summed E-state index contributed by atoms with van der Waals surface area (Å²) in [5.74, 6) is -1.78. The van der Waals surface area contributed by atoms with E-state index < -0.39 is 44.9 Å². The van der Waals surface area contributed by atoms with Crippen LogP contribution < -0.4 is 16.2 Å². The van der Waals surface area contributed by atoms with Gasteiger partial charge in [0.25, 0.3) is 5.91 Å². The Bertz CT molecular complexity index is 1180. The zero-order chi connectivity index (χ0) is 23.5. The van der Waals surface area contributed by atoms with Gasteiger partial charge >= 0.3 is 11.9 Å². The second-order valence-electron chi connectivity index (χ2n) is 5.94. The number of hydrazine groups is 1. The van der Waals surface area contributed by atoms with Gasteiger partial charge in [0, 0.05) is 16.8 Å². The molecular weight excluding hydrogens is 478 g/mol. The van der Waals surface area contributed by atoms with E-state index in [1.165, 1.54) is 24.3 Å². The van der Waals surface area contributed by atoms with Crippen LogP contribution >= 0.6 is 23.2 Å². The molecule has 0 spiro atoms. The van der Waals surface area contributed by atoms with Crippen molar-refractivity contribution in [1.29, 1.82) is 0 Å². The van der Waals surface area contributed by atoms with Crippen LogP contribution in [0.15, 0.2) is 42.9 Å². The maximum Gasteiger partial charge on any atom is 0.417 e. The van der Waals surface area contributed by atoms with Gasteiger partial charge in [-0.2, -0.15) is 13.2 Å². The molecule has 0 bridgehead atoms. The van der Waals surface area contributed by atoms with E-state index in [9.17, 15) is 28.1 Å². The average Bonchev–Trinajstić information content (AvgIpc) is 2.73. The van der Waals surface area contributed by atoms with Crippen LogP contribution in [0, 0.1) is 10.1 Å². The molecule has 15 heteroatoms. The fourth-order valence-corrected chi connectivity index (χ4v) is 2.66. The molecule has 3 N–H and O–H groups in total. The van der Waals surface area contributed by atoms with Gasteiger partial charge in [0.05, 0.1) is 15.5 Å². The van der Waals surface area contributed by atoms with Crippen molar-refractivity contribution in [3.05, 3.63) is 74.1 Å². The Labute approximate surface area is 186 Å². The maximum atomic E-state index is 12.8. The van der Waals surface area contributed by atoms with Crippen molar-refractivity contribution in [2.24, 2.45) is 0 Å². The van der Waals surface area contributed by atoms with Crippen molar-refractivity contribution >= 4 is 52.3 Å². The summed E-state index contributed by atoms with van der Waals surface area (Å²) in [5, 5.41) is 13.9. The predicted octanol–water partition coefficient (Wildman–Crippen LogP) is 4.61. The number of carbonyl (C=O) groups is 1. The van der Waals surface area contributed by atoms with Crippen LogP contribution in [0.5, 0.6) is 0 Å². The van der Waals surface area contributed by atoms with Crippen molar-refractivity contribution in [1.82, 2.24) is 20.4 Å². The summed E-state index contributed by atoms with van der Waals surface area (Å²) in [6.45, 7) is 0. The number of rotatable bonds is 6. The molecule has 0 saturated carbocycles. The quantitative estimate of drug-likeness (QED) is 0.338. The maximum absolute atomic E-state index is 12.8. The number of nitro groups is 1. The third-order valence-electron chi connectivity index (χ3n) is 3.81. The van der Waals surface area contributed by atoms with E-state index in [0.29, 0.717) is 17.3 Å². The summed E-state index contributed by atoms with van der Waals surface area (Å²) in [6.07, 6.45) is -3.24. The first-order valence-corrected chi connectivity index (χ1v) is 9.13. The summed E-state index contributed by atoms with van der Waals surface area (Å²) in [7, 11) is 0. The first-order chi connectivity index (χ1) is 15.1. The molecule has 166 valence electrons. The van der Waals surface area contributed by atoms with Gasteiger partial charge in [-0.3, -0.25) is 25.8 Å². The summed E-state index contributed by atoms with van der Waals surface area (Å²) in [4.78, 5) is 33.9. The minimum Gasteiger partial charge on any atom is -0.318 e. The van der Waals surface area contributed by atoms with Crippen molar-refractivity contribution in [2.75, 3.05) is 10.7 Å². The highest BCUT2D eigenvalue weighted by Crippen LogP contribution is 2.35. The fourth-order valence-electron chi connectivity index (χ4n) is 2.32. The van der Waals surface area contributed by atoms with Crippen LogP contribution in [0.3, 0.4) is 0 Å². The number of nitrogens with zero attached hydrogens (tertiary/aromatic N) is 4. The Hall–Kier alpha value is -3.71. The zero-order valence-electron chi connectivity index (χ0n) is 15.4. The second-order valence-corrected chi connectivity index (χ2v) is 6.78. The fraction of sp³-hybridized carbons (Fsp3) is 0.0588. The van der Waals surface area contributed by atoms with Gasteiger partial charge in [0.1, 0.15) is 6.33 Å². The number of carbonyl (C=O) groups excluding carboxylic acids is 1. The molecule has 2 heterocycles. The molecule has 0 fully saturated rings. The van der Waals surface area contributed by atoms with Crippen molar-refractivity contribution in [3.8, 4) is 0 Å². The molecule has 2 aromatic heterocycles. The standard InChI is InChI=1S/C17H10Cl2F3N7O3/c18-10-3-1-8(2-4-10)16(30)28-27-15-12(29(31)32)14(24-7-25-15)26-13-11(19)5-9(6-23-13)17(20,21)22/h1-7H,(H,28,30)(H2,23,24,25,26,27). The highest BCUT2D eigenvalue weighted by Gasteiger charge is 2.32. The van der Waals surface area contributed by atoms with Crippen LogP contribution in [-0.4, -0.2) is 25.8 Å². The van der Waals surface area contributed by atoms with E-state index in [1.54, 1.807) is 0 Å². The topological polar surface area (TPSA) is 135 Å². The molecule has 0 aliphatic rings. The lowest BCUT2D eigenvalue weighted by molar-refractivity contribution is -0.383. The lowest BCUT2D eigenvalue weighted by atomic mass is 10.2. The molecule has 10 nitrogen and oxygen atoms in total. The normalized spacial score (nSPS) is 11.0. The van der Waals surface area contributed by atoms with E-state index in [2.05, 4.69) is 31.1 Å². The highest BCUT2D eigenvalue weighted by atomic mass is 35.5. The van der Waals surface area contributed by atoms with E-state index in [4.69, 9.17) is 23.2 Å². The van der Waals surface area contributed by atoms with Gasteiger partial charge in [-0.25, -0.2) is 15.0 Å². The molecule has 3 rings (SSSR count). The summed E-state index contributed by atoms with van der Waals surface area (Å²) in [5.41, 5.74) is 2.93. The van der Waals surface area contributed by atoms with Crippen molar-refractivity contribution in [2.45, 2.75) is 6.18 Å². The minimum atomic E-state index is -4.67. The Kier molecular flexibility index (Phi) is 6.60. The third kappa shape index (κ3) is 5.31. The average molecular weight is 488 g/mol. The van der Waals surface area contributed by atoms with Gasteiger partial charge in [0.15, 0.2) is 5.82 Å². The van der Waals surface area contributed by atoms with Gasteiger partial charge < -0.3 is 5.32 Å². The first-order valence-electron chi connectivity index (χ1n) is 8.37. The number of hydrogen-bond acceptors (Lipinski definition) is 8. The number of amides is 1. The SMILES string of the molecule is O=C(NNc1ncnc(Nc2ncc(C(F)(F)F)cc2Cl)c1[N+](=O)[O-])c1ccc(Cl)cc1. The molecule has 1 aromatic carbocycles. The Morgan fingerprint density at radius 1 is 1.03 bits per heavy atom. The summed E-state index contributed by atoms with van der Waals surface area (Å²) < 4.78 is 38.3. The van der Waals surface area contributed by atoms with Crippen LogP contribution in [0.1, 0.15) is 15.9 Å². The monoisotopic (exact) mass is 487 g/mol. The smallest absolute Gasteiger partial charge is 0.318 e. The molecule has 0 aliphatic carbocycles. The Balaban J connectivity index is 1.84. The minimum absolute atomic E-state index is 0.206. The van der Waals surface area contributed by atoms with Gasteiger partial charge in [-0.05, 0) is 30.3 Å². The number of alkyl halides is 3. The lowest BCUT2D eigenvalue weighted by Gasteiger charge is -2.12. The number of anilines is 3. The van der Waals surface area contributed by atoms with E-state index >= 15 is 0 Å². The summed E-state index contributed by atoms with van der Waals surface area (Å²) >= 11 is 11.6. The van der Waals surface area contributed by atoms with Gasteiger partial charge in [-0.15, -0.1) is 0 Å². The third-order valence-corrected chi connectivity index (χ3v) is 4.35. The van der Waals surface area contributed by atoms with E-state index in [0.717, 1.165) is 6.33 Å². The molecule has 0 atom stereocenters. The van der Waals surface area contributed by atoms with E-state index in [-0.39, 0.29) is 11.4 Å². The largest absolute Gasteiger partial charge is 0.417 e.